The number of aromatic nitrogens is 3. The summed E-state index contributed by atoms with van der Waals surface area (Å²) in [5.41, 5.74) is 9.29. The number of nitrogens with two attached hydrogens (primary N) is 1. The Hall–Kier alpha value is -4.91. The van der Waals surface area contributed by atoms with Crippen LogP contribution in [0.2, 0.25) is 0 Å². The van der Waals surface area contributed by atoms with Gasteiger partial charge in [0.05, 0.1) is 24.6 Å². The van der Waals surface area contributed by atoms with Crippen LogP contribution in [-0.2, 0) is 7.05 Å². The molecule has 1 fully saturated rings. The van der Waals surface area contributed by atoms with Crippen LogP contribution in [0.5, 0.6) is 5.75 Å². The third-order valence-corrected chi connectivity index (χ3v) is 8.68. The number of nitrogens with zero attached hydrogens (tertiary/aromatic N) is 5. The lowest BCUT2D eigenvalue weighted by Crippen LogP contribution is -2.44. The number of pyridine rings is 1. The molecular weight excluding hydrogens is 596 g/mol. The Morgan fingerprint density at radius 1 is 1.13 bits per heavy atom. The van der Waals surface area contributed by atoms with Gasteiger partial charge in [0, 0.05) is 43.9 Å². The van der Waals surface area contributed by atoms with E-state index in [4.69, 9.17) is 21.3 Å². The predicted molar refractivity (Wildman–Crippen MR) is 180 cm³/mol. The first-order chi connectivity index (χ1) is 22.4. The van der Waals surface area contributed by atoms with Crippen LogP contribution in [0.25, 0.3) is 0 Å². The summed E-state index contributed by atoms with van der Waals surface area (Å²) in [7, 11) is 1.80. The van der Waals surface area contributed by atoms with Crippen LogP contribution in [0, 0.1) is 22.2 Å². The maximum absolute atomic E-state index is 13.3. The van der Waals surface area contributed by atoms with Gasteiger partial charge in [0.2, 0.25) is 5.96 Å². The van der Waals surface area contributed by atoms with Crippen molar-refractivity contribution in [2.75, 3.05) is 19.7 Å². The lowest BCUT2D eigenvalue weighted by Gasteiger charge is -2.34. The second-order valence-corrected chi connectivity index (χ2v) is 13.2. The molecule has 13 nitrogen and oxygen atoms in total. The van der Waals surface area contributed by atoms with Crippen LogP contribution in [0.3, 0.4) is 0 Å². The summed E-state index contributed by atoms with van der Waals surface area (Å²) < 4.78 is 9.65. The number of benzene rings is 1. The molecular formula is C34H46N10O3. The number of rotatable bonds is 6. The molecule has 47 heavy (non-hydrogen) atoms. The Bertz CT molecular complexity index is 1710. The third-order valence-electron chi connectivity index (χ3n) is 8.68. The molecule has 5 rings (SSSR count). The zero-order chi connectivity index (χ0) is 33.7. The summed E-state index contributed by atoms with van der Waals surface area (Å²) in [4.78, 5) is 19.9. The molecule has 13 heteroatoms. The lowest BCUT2D eigenvalue weighted by atomic mass is 9.85. The van der Waals surface area contributed by atoms with E-state index in [0.717, 1.165) is 24.0 Å². The number of carbonyl (C=O) groups excluding carboxylic acids is 1. The zero-order valence-electron chi connectivity index (χ0n) is 27.5. The van der Waals surface area contributed by atoms with E-state index in [2.05, 4.69) is 20.7 Å². The van der Waals surface area contributed by atoms with Gasteiger partial charge in [0.15, 0.2) is 0 Å². The van der Waals surface area contributed by atoms with Crippen molar-refractivity contribution >= 4 is 23.5 Å². The van der Waals surface area contributed by atoms with Crippen molar-refractivity contribution in [3.8, 4) is 5.75 Å². The first-order valence-corrected chi connectivity index (χ1v) is 16.0. The Labute approximate surface area is 275 Å². The minimum atomic E-state index is -0.404. The summed E-state index contributed by atoms with van der Waals surface area (Å²) >= 11 is 0. The highest BCUT2D eigenvalue weighted by Gasteiger charge is 2.30. The Morgan fingerprint density at radius 3 is 2.51 bits per heavy atom. The number of aliphatic hydroxyl groups excluding tert-OH is 1. The Morgan fingerprint density at radius 2 is 1.85 bits per heavy atom. The number of ether oxygens (including phenoxy) is 1. The number of hydrogen-bond donors (Lipinski definition) is 6. The fourth-order valence-electron chi connectivity index (χ4n) is 5.77. The number of urea groups is 1. The number of allylic oxidation sites excluding steroid dienone is 1. The quantitative estimate of drug-likeness (QED) is 0.174. The van der Waals surface area contributed by atoms with E-state index in [9.17, 15) is 9.90 Å². The summed E-state index contributed by atoms with van der Waals surface area (Å²) in [6.07, 6.45) is 9.37. The number of amides is 2. The molecule has 0 bridgehead atoms. The molecule has 2 aromatic heterocycles. The summed E-state index contributed by atoms with van der Waals surface area (Å²) in [5.74, 6) is 1.35. The molecule has 2 unspecified atom stereocenters. The minimum absolute atomic E-state index is 0.163. The van der Waals surface area contributed by atoms with Gasteiger partial charge in [-0.2, -0.15) is 5.10 Å². The van der Waals surface area contributed by atoms with Gasteiger partial charge >= 0.3 is 6.03 Å². The topological polar surface area (TPSA) is 183 Å². The molecule has 1 aliphatic carbocycles. The van der Waals surface area contributed by atoms with Gasteiger partial charge in [-0.25, -0.2) is 9.79 Å². The van der Waals surface area contributed by atoms with Crippen LogP contribution >= 0.6 is 0 Å². The maximum atomic E-state index is 13.3. The predicted octanol–water partition coefficient (Wildman–Crippen LogP) is 4.06. The van der Waals surface area contributed by atoms with Crippen LogP contribution in [-0.4, -0.2) is 61.9 Å². The average Bonchev–Trinajstić information content (AvgIpc) is 3.46. The number of aryl methyl sites for hydroxylation is 1. The van der Waals surface area contributed by atoms with E-state index in [1.54, 1.807) is 48.5 Å². The van der Waals surface area contributed by atoms with Crippen LogP contribution in [0.4, 0.5) is 10.5 Å². The van der Waals surface area contributed by atoms with Crippen LogP contribution in [0.1, 0.15) is 69.7 Å². The maximum Gasteiger partial charge on any atom is 0.320 e. The second kappa shape index (κ2) is 14.2. The van der Waals surface area contributed by atoms with Crippen molar-refractivity contribution in [1.29, 1.82) is 10.8 Å². The summed E-state index contributed by atoms with van der Waals surface area (Å²) in [6, 6.07) is 10.6. The summed E-state index contributed by atoms with van der Waals surface area (Å²) in [6.45, 7) is 7.46. The molecule has 7 N–H and O–H groups in total. The van der Waals surface area contributed by atoms with Gasteiger partial charge in [0.25, 0.3) is 0 Å². The normalized spacial score (nSPS) is 19.2. The van der Waals surface area contributed by atoms with E-state index in [-0.39, 0.29) is 41.5 Å². The molecule has 2 aliphatic rings. The Balaban J connectivity index is 1.30. The molecule has 1 saturated heterocycles. The van der Waals surface area contributed by atoms with Gasteiger partial charge in [-0.05, 0) is 54.9 Å². The number of amidine groups is 1. The number of aliphatic hydroxyl groups is 1. The van der Waals surface area contributed by atoms with Gasteiger partial charge in [-0.15, -0.1) is 0 Å². The average molecular weight is 643 g/mol. The number of aliphatic imine (C=N–C) groups is 1. The molecule has 250 valence electrons. The lowest BCUT2D eigenvalue weighted by molar-refractivity contribution is 0.163. The number of likely N-dealkylation sites (tertiary alicyclic amines) is 1. The standard InChI is InChI=1S/C34H46N10O3/c1-34(2,3)29(35)17-31(39-23-18-38-42(4)19-23)41-33(46)40-27-10-11-28(26-8-6-5-7-25(26)27)47-24-9-12-30(36)44(20-24)32(37)43-15-13-22(21-45)14-16-43/h5-9,12,17-20,22,27-28,36-37,45H,10-11,13-16,21,35H2,1-4H3,(H2,39,40,41,46). The molecule has 0 spiro atoms. The van der Waals surface area contributed by atoms with Gasteiger partial charge in [-0.1, -0.05) is 45.0 Å². The van der Waals surface area contributed by atoms with Crippen molar-refractivity contribution in [3.63, 3.8) is 0 Å². The van der Waals surface area contributed by atoms with Gasteiger partial charge in [0.1, 0.15) is 28.9 Å². The van der Waals surface area contributed by atoms with Gasteiger partial charge in [-0.3, -0.25) is 25.4 Å². The van der Waals surface area contributed by atoms with Crippen molar-refractivity contribution in [3.05, 3.63) is 83.4 Å². The Kier molecular flexibility index (Phi) is 10.1. The molecule has 3 heterocycles. The monoisotopic (exact) mass is 642 g/mol. The molecule has 0 radical (unpaired) electrons. The first kappa shape index (κ1) is 33.5. The van der Waals surface area contributed by atoms with Crippen molar-refractivity contribution in [1.82, 2.24) is 29.9 Å². The SMILES string of the molecule is Cn1cc(N=C(C=C(N)C(C)(C)C)NC(=O)NC2CCC(Oc3ccc(=N)n(C(=N)N4CCC(CO)CC4)c3)c3ccccc32)cn1. The smallest absolute Gasteiger partial charge is 0.320 e. The number of hydrogen-bond acceptors (Lipinski definition) is 8. The van der Waals surface area contributed by atoms with Crippen LogP contribution in [0.15, 0.2) is 71.8 Å². The molecule has 1 aliphatic heterocycles. The number of piperidine rings is 1. The number of fused-ring (bicyclic) bond motifs is 1. The van der Waals surface area contributed by atoms with E-state index in [1.807, 2.05) is 49.9 Å². The van der Waals surface area contributed by atoms with Crippen molar-refractivity contribution in [2.45, 2.75) is 58.6 Å². The van der Waals surface area contributed by atoms with E-state index < -0.39 is 6.03 Å². The van der Waals surface area contributed by atoms with Crippen molar-refractivity contribution < 1.29 is 14.6 Å². The summed E-state index contributed by atoms with van der Waals surface area (Å²) in [5, 5.41) is 36.8. The number of nitrogens with one attached hydrogen (secondary N) is 4. The molecule has 3 aromatic rings. The highest BCUT2D eigenvalue weighted by atomic mass is 16.5. The molecule has 2 atom stereocenters. The van der Waals surface area contributed by atoms with Crippen molar-refractivity contribution in [2.24, 2.45) is 29.1 Å². The van der Waals surface area contributed by atoms with E-state index in [1.165, 1.54) is 4.57 Å². The minimum Gasteiger partial charge on any atom is -0.484 e. The van der Waals surface area contributed by atoms with Crippen LogP contribution < -0.4 is 26.6 Å². The highest BCUT2D eigenvalue weighted by Crippen LogP contribution is 2.38. The first-order valence-electron chi connectivity index (χ1n) is 16.0. The van der Waals surface area contributed by atoms with E-state index >= 15 is 0 Å². The van der Waals surface area contributed by atoms with Gasteiger partial charge < -0.3 is 25.8 Å². The number of carbonyl (C=O) groups is 1. The molecule has 0 saturated carbocycles. The highest BCUT2D eigenvalue weighted by molar-refractivity contribution is 6.05. The fourth-order valence-corrected chi connectivity index (χ4v) is 5.77. The fraction of sp³-hybridized carbons (Fsp3) is 0.441. The second-order valence-electron chi connectivity index (χ2n) is 13.2. The van der Waals surface area contributed by atoms with E-state index in [0.29, 0.717) is 48.9 Å². The third kappa shape index (κ3) is 8.28. The molecule has 2 amide bonds. The molecule has 1 aromatic carbocycles. The largest absolute Gasteiger partial charge is 0.484 e. The zero-order valence-corrected chi connectivity index (χ0v) is 27.5.